The molecule has 0 aromatic heterocycles. The van der Waals surface area contributed by atoms with Crippen LogP contribution in [0.25, 0.3) is 11.1 Å². The number of rotatable bonds is 12. The zero-order valence-electron chi connectivity index (χ0n) is 22.0. The molecule has 1 unspecified atom stereocenters. The molecule has 37 heavy (non-hydrogen) atoms. The summed E-state index contributed by atoms with van der Waals surface area (Å²) in [6, 6.07) is 22.5. The van der Waals surface area contributed by atoms with Gasteiger partial charge in [-0.25, -0.2) is 4.31 Å². The van der Waals surface area contributed by atoms with Crippen LogP contribution in [0.3, 0.4) is 0 Å². The zero-order valence-corrected chi connectivity index (χ0v) is 22.8. The molecule has 0 fully saturated rings. The molecule has 0 saturated carbocycles. The van der Waals surface area contributed by atoms with Crippen LogP contribution in [0.5, 0.6) is 0 Å². The highest BCUT2D eigenvalue weighted by atomic mass is 32.2. The van der Waals surface area contributed by atoms with Crippen LogP contribution in [-0.4, -0.2) is 41.2 Å². The maximum atomic E-state index is 13.0. The molecular formula is C30H37F3N2OS. The van der Waals surface area contributed by atoms with Crippen molar-refractivity contribution in [3.63, 3.8) is 0 Å². The number of halogens is 3. The maximum absolute atomic E-state index is 13.0. The zero-order chi connectivity index (χ0) is 27.1. The Bertz CT molecular complexity index is 1130. The van der Waals surface area contributed by atoms with Crippen molar-refractivity contribution in [1.82, 2.24) is 9.62 Å². The Morgan fingerprint density at radius 3 is 2.30 bits per heavy atom. The number of hydrogen-bond donors (Lipinski definition) is 2. The molecule has 0 amide bonds. The Kier molecular flexibility index (Phi) is 10.2. The number of nitrogens with one attached hydrogen (secondary N) is 1. The maximum Gasteiger partial charge on any atom is 0.416 e. The van der Waals surface area contributed by atoms with E-state index in [-0.39, 0.29) is 0 Å². The van der Waals surface area contributed by atoms with Crippen molar-refractivity contribution in [2.24, 2.45) is 0 Å². The Morgan fingerprint density at radius 1 is 0.919 bits per heavy atom. The molecule has 0 aliphatic carbocycles. The molecule has 0 aliphatic heterocycles. The Labute approximate surface area is 223 Å². The number of nitrogens with zero attached hydrogens (tertiary/aromatic N) is 1. The number of benzene rings is 3. The summed E-state index contributed by atoms with van der Waals surface area (Å²) in [4.78, 5) is 1.09. The predicted molar refractivity (Wildman–Crippen MR) is 148 cm³/mol. The van der Waals surface area contributed by atoms with Crippen LogP contribution in [0.2, 0.25) is 0 Å². The number of hydrogen-bond acceptors (Lipinski definition) is 4. The summed E-state index contributed by atoms with van der Waals surface area (Å²) in [6.07, 6.45) is -2.36. The van der Waals surface area contributed by atoms with Crippen molar-refractivity contribution in [2.45, 2.75) is 62.7 Å². The van der Waals surface area contributed by atoms with Gasteiger partial charge in [-0.1, -0.05) is 67.9 Å². The minimum Gasteiger partial charge on any atom is -0.390 e. The monoisotopic (exact) mass is 530 g/mol. The Morgan fingerprint density at radius 2 is 1.62 bits per heavy atom. The van der Waals surface area contributed by atoms with Gasteiger partial charge in [0.25, 0.3) is 0 Å². The fraction of sp³-hybridized carbons (Fsp3) is 0.400. The van der Waals surface area contributed by atoms with Crippen molar-refractivity contribution in [3.05, 3.63) is 89.5 Å². The second-order valence-corrected chi connectivity index (χ2v) is 11.4. The molecule has 3 rings (SSSR count). The molecular weight excluding hydrogens is 493 g/mol. The average molecular weight is 531 g/mol. The minimum absolute atomic E-state index is 0.334. The van der Waals surface area contributed by atoms with Crippen molar-refractivity contribution >= 4 is 11.9 Å². The summed E-state index contributed by atoms with van der Waals surface area (Å²) < 4.78 is 41.1. The van der Waals surface area contributed by atoms with Crippen molar-refractivity contribution < 1.29 is 18.3 Å². The number of alkyl halides is 3. The lowest BCUT2D eigenvalue weighted by Gasteiger charge is -2.29. The van der Waals surface area contributed by atoms with Gasteiger partial charge in [0.15, 0.2) is 0 Å². The first-order valence-electron chi connectivity index (χ1n) is 12.6. The second-order valence-electron chi connectivity index (χ2n) is 10.2. The first kappa shape index (κ1) is 29.2. The summed E-state index contributed by atoms with van der Waals surface area (Å²) in [5, 5.41) is 13.9. The predicted octanol–water partition coefficient (Wildman–Crippen LogP) is 7.24. The number of β-amino-alcohol motifs (C(OH)–C–C–N with tert-alkyl or cyclic N) is 1. The van der Waals surface area contributed by atoms with Gasteiger partial charge in [0.2, 0.25) is 0 Å². The van der Waals surface area contributed by atoms with Crippen LogP contribution in [0.1, 0.15) is 43.9 Å². The molecule has 200 valence electrons. The lowest BCUT2D eigenvalue weighted by atomic mass is 9.93. The van der Waals surface area contributed by atoms with E-state index in [0.717, 1.165) is 29.4 Å². The van der Waals surface area contributed by atoms with E-state index >= 15 is 0 Å². The molecule has 0 heterocycles. The second kappa shape index (κ2) is 13.0. The van der Waals surface area contributed by atoms with Crippen LogP contribution < -0.4 is 5.32 Å². The fourth-order valence-corrected chi connectivity index (χ4v) is 5.21. The van der Waals surface area contributed by atoms with Gasteiger partial charge in [0, 0.05) is 23.5 Å². The highest BCUT2D eigenvalue weighted by Crippen LogP contribution is 2.30. The highest BCUT2D eigenvalue weighted by Gasteiger charge is 2.31. The van der Waals surface area contributed by atoms with Crippen LogP contribution in [0, 0.1) is 0 Å². The first-order chi connectivity index (χ1) is 17.4. The lowest BCUT2D eigenvalue weighted by Crippen LogP contribution is -2.46. The largest absolute Gasteiger partial charge is 0.416 e. The third-order valence-electron chi connectivity index (χ3n) is 6.11. The Hall–Kier alpha value is -2.32. The van der Waals surface area contributed by atoms with Crippen LogP contribution in [-0.2, 0) is 19.0 Å². The van der Waals surface area contributed by atoms with Crippen molar-refractivity contribution in [3.8, 4) is 11.1 Å². The van der Waals surface area contributed by atoms with E-state index in [4.69, 9.17) is 0 Å². The van der Waals surface area contributed by atoms with Gasteiger partial charge < -0.3 is 10.4 Å². The molecule has 0 radical (unpaired) electrons. The van der Waals surface area contributed by atoms with E-state index in [9.17, 15) is 18.3 Å². The van der Waals surface area contributed by atoms with Crippen LogP contribution in [0.15, 0.2) is 77.7 Å². The van der Waals surface area contributed by atoms with E-state index in [2.05, 4.69) is 54.7 Å². The summed E-state index contributed by atoms with van der Waals surface area (Å²) in [5.74, 6) is 0. The smallest absolute Gasteiger partial charge is 0.390 e. The quantitative estimate of drug-likeness (QED) is 0.242. The minimum atomic E-state index is -4.36. The molecule has 3 aromatic rings. The highest BCUT2D eigenvalue weighted by molar-refractivity contribution is 7.97. The van der Waals surface area contributed by atoms with Gasteiger partial charge >= 0.3 is 6.18 Å². The molecule has 0 aliphatic rings. The van der Waals surface area contributed by atoms with Gasteiger partial charge in [-0.15, -0.1) is 0 Å². The van der Waals surface area contributed by atoms with E-state index in [1.165, 1.54) is 23.3 Å². The van der Waals surface area contributed by atoms with E-state index < -0.39 is 23.4 Å². The topological polar surface area (TPSA) is 35.5 Å². The molecule has 2 N–H and O–H groups in total. The summed E-state index contributed by atoms with van der Waals surface area (Å²) in [7, 11) is 1.94. The van der Waals surface area contributed by atoms with Gasteiger partial charge in [0.1, 0.15) is 0 Å². The normalized spacial score (nSPS) is 13.2. The third-order valence-corrected chi connectivity index (χ3v) is 7.03. The van der Waals surface area contributed by atoms with Crippen molar-refractivity contribution in [1.29, 1.82) is 0 Å². The SMILES string of the molecule is CCCc1ccc(-c2cccc(SN(C)CC(O)CNC(C)(C)Cc3cccc(C(F)(F)F)c3)c2)cc1. The third kappa shape index (κ3) is 9.49. The number of aliphatic hydroxyl groups is 1. The van der Waals surface area contributed by atoms with Crippen molar-refractivity contribution in [2.75, 3.05) is 20.1 Å². The van der Waals surface area contributed by atoms with E-state index in [0.29, 0.717) is 25.1 Å². The van der Waals surface area contributed by atoms with E-state index in [1.54, 1.807) is 18.0 Å². The Balaban J connectivity index is 1.51. The first-order valence-corrected chi connectivity index (χ1v) is 13.4. The molecule has 0 saturated heterocycles. The molecule has 1 atom stereocenters. The number of likely N-dealkylation sites (N-methyl/N-ethyl adjacent to an activating group) is 1. The summed E-state index contributed by atoms with van der Waals surface area (Å²) in [6.45, 7) is 6.81. The fourth-order valence-electron chi connectivity index (χ4n) is 4.29. The molecule has 0 bridgehead atoms. The molecule has 3 nitrogen and oxygen atoms in total. The number of aliphatic hydroxyl groups excluding tert-OH is 1. The van der Waals surface area contributed by atoms with Gasteiger partial charge in [-0.05, 0) is 86.1 Å². The van der Waals surface area contributed by atoms with Crippen LogP contribution >= 0.6 is 11.9 Å². The lowest BCUT2D eigenvalue weighted by molar-refractivity contribution is -0.137. The standard InChI is InChI=1S/C30H37F3N2OS/c1-5-8-22-13-15-24(16-14-22)25-10-7-12-28(18-25)37-35(4)21-27(36)20-34-29(2,3)19-23-9-6-11-26(17-23)30(31,32)33/h6-7,9-18,27,34,36H,5,8,19-21H2,1-4H3. The summed E-state index contributed by atoms with van der Waals surface area (Å²) in [5.41, 5.74) is 3.17. The van der Waals surface area contributed by atoms with Gasteiger partial charge in [-0.2, -0.15) is 13.2 Å². The van der Waals surface area contributed by atoms with Crippen LogP contribution in [0.4, 0.5) is 13.2 Å². The van der Waals surface area contributed by atoms with E-state index in [1.807, 2.05) is 31.3 Å². The molecule has 3 aromatic carbocycles. The molecule has 0 spiro atoms. The summed E-state index contributed by atoms with van der Waals surface area (Å²) >= 11 is 1.57. The molecule has 7 heteroatoms. The van der Waals surface area contributed by atoms with Gasteiger partial charge in [0.05, 0.1) is 11.7 Å². The average Bonchev–Trinajstić information content (AvgIpc) is 2.83. The number of aryl methyl sites for hydroxylation is 1. The van der Waals surface area contributed by atoms with Gasteiger partial charge in [-0.3, -0.25) is 0 Å².